The minimum Gasteiger partial charge on any atom is -0.373 e. The maximum absolute atomic E-state index is 4.38. The number of aryl methyl sites for hydroxylation is 2. The van der Waals surface area contributed by atoms with Crippen molar-refractivity contribution in [3.05, 3.63) is 41.6 Å². The first-order valence-electron chi connectivity index (χ1n) is 7.54. The van der Waals surface area contributed by atoms with E-state index in [0.29, 0.717) is 5.95 Å². The van der Waals surface area contributed by atoms with Crippen LogP contribution in [0.2, 0.25) is 0 Å². The Labute approximate surface area is 129 Å². The number of hydrogen-bond donors (Lipinski definition) is 2. The molecule has 116 valence electrons. The molecule has 4 heteroatoms. The molecule has 0 saturated heterocycles. The Kier molecular flexibility index (Phi) is 9.59. The van der Waals surface area contributed by atoms with E-state index < -0.39 is 0 Å². The molecule has 1 aromatic heterocycles. The Hall–Kier alpha value is -2.10. The Balaban J connectivity index is 0.000000921. The molecule has 0 aliphatic rings. The molecule has 0 aliphatic carbocycles. The SMILES string of the molecule is CC.CC.CNc1nc(Nc2cccc(C)c2)ncc1C. The summed E-state index contributed by atoms with van der Waals surface area (Å²) >= 11 is 0. The third-order valence-electron chi connectivity index (χ3n) is 2.48. The lowest BCUT2D eigenvalue weighted by Crippen LogP contribution is -2.02. The van der Waals surface area contributed by atoms with Crippen LogP contribution in [0.25, 0.3) is 0 Å². The molecule has 4 nitrogen and oxygen atoms in total. The Morgan fingerprint density at radius 1 is 1.00 bits per heavy atom. The van der Waals surface area contributed by atoms with Gasteiger partial charge in [0.1, 0.15) is 5.82 Å². The van der Waals surface area contributed by atoms with E-state index in [9.17, 15) is 0 Å². The lowest BCUT2D eigenvalue weighted by Gasteiger charge is -2.08. The second-order valence-electron chi connectivity index (χ2n) is 3.97. The van der Waals surface area contributed by atoms with Crippen LogP contribution >= 0.6 is 0 Å². The molecule has 0 amide bonds. The summed E-state index contributed by atoms with van der Waals surface area (Å²) in [5, 5.41) is 6.23. The third kappa shape index (κ3) is 6.25. The molecule has 0 bridgehead atoms. The van der Waals surface area contributed by atoms with Crippen LogP contribution in [0.15, 0.2) is 30.5 Å². The first kappa shape index (κ1) is 18.9. The van der Waals surface area contributed by atoms with E-state index in [1.165, 1.54) is 5.56 Å². The topological polar surface area (TPSA) is 49.8 Å². The van der Waals surface area contributed by atoms with Gasteiger partial charge in [0.15, 0.2) is 0 Å². The van der Waals surface area contributed by atoms with Gasteiger partial charge in [0, 0.05) is 24.5 Å². The van der Waals surface area contributed by atoms with Crippen molar-refractivity contribution in [3.63, 3.8) is 0 Å². The first-order chi connectivity index (χ1) is 10.2. The Bertz CT molecular complexity index is 524. The van der Waals surface area contributed by atoms with Crippen LogP contribution in [0.4, 0.5) is 17.5 Å². The number of anilines is 3. The van der Waals surface area contributed by atoms with Crippen molar-refractivity contribution in [3.8, 4) is 0 Å². The summed E-state index contributed by atoms with van der Waals surface area (Å²) in [6, 6.07) is 8.11. The van der Waals surface area contributed by atoms with Gasteiger partial charge in [0.05, 0.1) is 0 Å². The number of aromatic nitrogens is 2. The molecule has 0 radical (unpaired) electrons. The average Bonchev–Trinajstić information content (AvgIpc) is 2.53. The van der Waals surface area contributed by atoms with E-state index in [4.69, 9.17) is 0 Å². The fourth-order valence-corrected chi connectivity index (χ4v) is 1.61. The summed E-state index contributed by atoms with van der Waals surface area (Å²) in [6.45, 7) is 12.0. The molecular weight excluding hydrogens is 260 g/mol. The summed E-state index contributed by atoms with van der Waals surface area (Å²) in [5.41, 5.74) is 3.23. The van der Waals surface area contributed by atoms with Gasteiger partial charge in [-0.1, -0.05) is 39.8 Å². The zero-order chi connectivity index (χ0) is 16.3. The molecule has 21 heavy (non-hydrogen) atoms. The summed E-state index contributed by atoms with van der Waals surface area (Å²) < 4.78 is 0. The van der Waals surface area contributed by atoms with Gasteiger partial charge >= 0.3 is 0 Å². The summed E-state index contributed by atoms with van der Waals surface area (Å²) in [7, 11) is 1.85. The standard InChI is InChI=1S/C13H16N4.2C2H6/c1-9-5-4-6-11(7-9)16-13-15-8-10(2)12(14-3)17-13;2*1-2/h4-8H,1-3H3,(H2,14,15,16,17);2*1-2H3. The second kappa shape index (κ2) is 10.7. The average molecular weight is 288 g/mol. The quantitative estimate of drug-likeness (QED) is 0.840. The fourth-order valence-electron chi connectivity index (χ4n) is 1.61. The molecule has 0 aliphatic heterocycles. The Morgan fingerprint density at radius 2 is 1.67 bits per heavy atom. The lowest BCUT2D eigenvalue weighted by molar-refractivity contribution is 1.12. The van der Waals surface area contributed by atoms with Crippen LogP contribution in [-0.4, -0.2) is 17.0 Å². The summed E-state index contributed by atoms with van der Waals surface area (Å²) in [6.07, 6.45) is 1.80. The van der Waals surface area contributed by atoms with Crippen LogP contribution in [-0.2, 0) is 0 Å². The predicted molar refractivity (Wildman–Crippen MR) is 93.5 cm³/mol. The molecule has 1 heterocycles. The van der Waals surface area contributed by atoms with Crippen LogP contribution in [0.3, 0.4) is 0 Å². The number of hydrogen-bond acceptors (Lipinski definition) is 4. The Morgan fingerprint density at radius 3 is 2.24 bits per heavy atom. The van der Waals surface area contributed by atoms with Crippen LogP contribution in [0.1, 0.15) is 38.8 Å². The molecule has 1 aromatic carbocycles. The second-order valence-corrected chi connectivity index (χ2v) is 3.97. The van der Waals surface area contributed by atoms with Gasteiger partial charge in [-0.15, -0.1) is 0 Å². The van der Waals surface area contributed by atoms with Crippen LogP contribution < -0.4 is 10.6 Å². The normalized spacial score (nSPS) is 8.71. The highest BCUT2D eigenvalue weighted by Gasteiger charge is 2.02. The van der Waals surface area contributed by atoms with E-state index in [1.807, 2.05) is 53.8 Å². The van der Waals surface area contributed by atoms with E-state index in [1.54, 1.807) is 6.20 Å². The van der Waals surface area contributed by atoms with Gasteiger partial charge in [-0.2, -0.15) is 4.98 Å². The molecule has 0 spiro atoms. The maximum Gasteiger partial charge on any atom is 0.229 e. The maximum atomic E-state index is 4.38. The van der Waals surface area contributed by atoms with Crippen molar-refractivity contribution in [1.29, 1.82) is 0 Å². The van der Waals surface area contributed by atoms with E-state index >= 15 is 0 Å². The van der Waals surface area contributed by atoms with Gasteiger partial charge < -0.3 is 10.6 Å². The molecule has 0 fully saturated rings. The first-order valence-corrected chi connectivity index (χ1v) is 7.54. The minimum absolute atomic E-state index is 0.602. The molecule has 2 N–H and O–H groups in total. The van der Waals surface area contributed by atoms with Crippen LogP contribution in [0, 0.1) is 13.8 Å². The monoisotopic (exact) mass is 288 g/mol. The van der Waals surface area contributed by atoms with Crippen molar-refractivity contribution in [2.24, 2.45) is 0 Å². The molecule has 0 atom stereocenters. The lowest BCUT2D eigenvalue weighted by atomic mass is 10.2. The van der Waals surface area contributed by atoms with E-state index in [0.717, 1.165) is 17.1 Å². The highest BCUT2D eigenvalue weighted by atomic mass is 15.1. The summed E-state index contributed by atoms with van der Waals surface area (Å²) in [5.74, 6) is 1.45. The zero-order valence-corrected chi connectivity index (χ0v) is 14.3. The highest BCUT2D eigenvalue weighted by molar-refractivity contribution is 5.56. The molecular formula is C17H28N4. The van der Waals surface area contributed by atoms with E-state index in [-0.39, 0.29) is 0 Å². The van der Waals surface area contributed by atoms with Crippen molar-refractivity contribution < 1.29 is 0 Å². The van der Waals surface area contributed by atoms with Gasteiger partial charge in [-0.25, -0.2) is 4.98 Å². The van der Waals surface area contributed by atoms with Crippen molar-refractivity contribution >= 4 is 17.5 Å². The van der Waals surface area contributed by atoms with Gasteiger partial charge in [-0.05, 0) is 31.5 Å². The number of nitrogens with zero attached hydrogens (tertiary/aromatic N) is 2. The predicted octanol–water partition coefficient (Wildman–Crippen LogP) is 4.93. The zero-order valence-electron chi connectivity index (χ0n) is 14.3. The van der Waals surface area contributed by atoms with E-state index in [2.05, 4.69) is 39.7 Å². The third-order valence-corrected chi connectivity index (χ3v) is 2.48. The molecule has 2 aromatic rings. The molecule has 0 saturated carbocycles. The number of rotatable bonds is 3. The number of benzene rings is 1. The van der Waals surface area contributed by atoms with Crippen molar-refractivity contribution in [2.45, 2.75) is 41.5 Å². The summed E-state index contributed by atoms with van der Waals surface area (Å²) in [4.78, 5) is 8.63. The number of nitrogens with one attached hydrogen (secondary N) is 2. The largest absolute Gasteiger partial charge is 0.373 e. The fraction of sp³-hybridized carbons (Fsp3) is 0.412. The molecule has 0 unspecified atom stereocenters. The van der Waals surface area contributed by atoms with Gasteiger partial charge in [0.25, 0.3) is 0 Å². The smallest absolute Gasteiger partial charge is 0.229 e. The van der Waals surface area contributed by atoms with Gasteiger partial charge in [0.2, 0.25) is 5.95 Å². The highest BCUT2D eigenvalue weighted by Crippen LogP contribution is 2.17. The van der Waals surface area contributed by atoms with Crippen molar-refractivity contribution in [1.82, 2.24) is 9.97 Å². The molecule has 2 rings (SSSR count). The van der Waals surface area contributed by atoms with Crippen LogP contribution in [0.5, 0.6) is 0 Å². The minimum atomic E-state index is 0.602. The van der Waals surface area contributed by atoms with Gasteiger partial charge in [-0.3, -0.25) is 0 Å². The van der Waals surface area contributed by atoms with Crippen molar-refractivity contribution in [2.75, 3.05) is 17.7 Å².